The maximum Gasteiger partial charge on any atom is 0.242 e. The normalized spacial score (nSPS) is 13.5. The number of fused-ring (bicyclic) bond motifs is 1. The van der Waals surface area contributed by atoms with Crippen molar-refractivity contribution in [1.82, 2.24) is 14.9 Å². The lowest BCUT2D eigenvalue weighted by Crippen LogP contribution is -2.42. The second-order valence-corrected chi connectivity index (χ2v) is 7.39. The highest BCUT2D eigenvalue weighted by molar-refractivity contribution is 6.31. The first kappa shape index (κ1) is 19.4. The number of carbonyl (C=O) groups is 1. The van der Waals surface area contributed by atoms with Crippen LogP contribution in [0, 0.1) is 5.82 Å². The number of aromatic nitrogens is 2. The number of hydrogen-bond acceptors (Lipinski definition) is 5. The number of rotatable bonds is 5. The number of anilines is 2. The molecule has 0 atom stereocenters. The average Bonchev–Trinajstić information content (AvgIpc) is 2.62. The molecule has 0 fully saturated rings. The first-order chi connectivity index (χ1) is 12.8. The number of benzene rings is 1. The SMILES string of the molecule is CC(C)Nc1ncc2c(n1)CN(C(=O)CN(C)c1ccc(F)c(Cl)c1)CC2. The van der Waals surface area contributed by atoms with Gasteiger partial charge in [0.1, 0.15) is 5.82 Å². The maximum absolute atomic E-state index is 13.3. The lowest BCUT2D eigenvalue weighted by Gasteiger charge is -2.30. The second-order valence-electron chi connectivity index (χ2n) is 6.98. The fraction of sp³-hybridized carbons (Fsp3) is 0.421. The molecule has 0 saturated heterocycles. The number of hydrogen-bond donors (Lipinski definition) is 1. The van der Waals surface area contributed by atoms with Crippen molar-refractivity contribution >= 4 is 29.1 Å². The third-order valence-electron chi connectivity index (χ3n) is 4.43. The summed E-state index contributed by atoms with van der Waals surface area (Å²) in [7, 11) is 1.78. The number of amides is 1. The quantitative estimate of drug-likeness (QED) is 0.848. The molecule has 2 aromatic rings. The van der Waals surface area contributed by atoms with Gasteiger partial charge in [-0.15, -0.1) is 0 Å². The molecule has 6 nitrogen and oxygen atoms in total. The summed E-state index contributed by atoms with van der Waals surface area (Å²) in [6.07, 6.45) is 2.57. The van der Waals surface area contributed by atoms with Gasteiger partial charge < -0.3 is 15.1 Å². The molecule has 0 spiro atoms. The smallest absolute Gasteiger partial charge is 0.242 e. The molecule has 144 valence electrons. The van der Waals surface area contributed by atoms with Crippen molar-refractivity contribution in [3.05, 3.63) is 46.5 Å². The van der Waals surface area contributed by atoms with Crippen molar-refractivity contribution in [2.45, 2.75) is 32.9 Å². The zero-order valence-corrected chi connectivity index (χ0v) is 16.4. The zero-order chi connectivity index (χ0) is 19.6. The third-order valence-corrected chi connectivity index (χ3v) is 4.72. The Kier molecular flexibility index (Phi) is 5.79. The van der Waals surface area contributed by atoms with Gasteiger partial charge >= 0.3 is 0 Å². The fourth-order valence-corrected chi connectivity index (χ4v) is 3.14. The van der Waals surface area contributed by atoms with E-state index in [0.717, 1.165) is 17.7 Å². The zero-order valence-electron chi connectivity index (χ0n) is 15.7. The maximum atomic E-state index is 13.3. The van der Waals surface area contributed by atoms with Crippen LogP contribution in [0.1, 0.15) is 25.1 Å². The lowest BCUT2D eigenvalue weighted by atomic mass is 10.1. The summed E-state index contributed by atoms with van der Waals surface area (Å²) in [5.41, 5.74) is 2.64. The highest BCUT2D eigenvalue weighted by atomic mass is 35.5. The van der Waals surface area contributed by atoms with E-state index in [1.54, 1.807) is 22.9 Å². The van der Waals surface area contributed by atoms with Crippen molar-refractivity contribution < 1.29 is 9.18 Å². The van der Waals surface area contributed by atoms with Gasteiger partial charge in [-0.25, -0.2) is 14.4 Å². The van der Waals surface area contributed by atoms with E-state index >= 15 is 0 Å². The molecular weight excluding hydrogens is 369 g/mol. The van der Waals surface area contributed by atoms with Gasteiger partial charge in [-0.3, -0.25) is 4.79 Å². The molecule has 1 aromatic heterocycles. The van der Waals surface area contributed by atoms with Crippen LogP contribution in [0.2, 0.25) is 5.02 Å². The van der Waals surface area contributed by atoms with E-state index in [-0.39, 0.29) is 23.5 Å². The van der Waals surface area contributed by atoms with Gasteiger partial charge in [0.15, 0.2) is 0 Å². The fourth-order valence-electron chi connectivity index (χ4n) is 2.96. The molecule has 8 heteroatoms. The summed E-state index contributed by atoms with van der Waals surface area (Å²) in [5.74, 6) is 0.0926. The molecule has 0 aliphatic carbocycles. The van der Waals surface area contributed by atoms with Crippen molar-refractivity contribution in [2.75, 3.05) is 30.4 Å². The van der Waals surface area contributed by atoms with Gasteiger partial charge in [-0.1, -0.05) is 11.6 Å². The van der Waals surface area contributed by atoms with E-state index in [9.17, 15) is 9.18 Å². The number of nitrogens with one attached hydrogen (secondary N) is 1. The summed E-state index contributed by atoms with van der Waals surface area (Å²) in [6, 6.07) is 4.67. The van der Waals surface area contributed by atoms with E-state index in [1.807, 2.05) is 20.0 Å². The monoisotopic (exact) mass is 391 g/mol. The van der Waals surface area contributed by atoms with Crippen molar-refractivity contribution in [1.29, 1.82) is 0 Å². The highest BCUT2D eigenvalue weighted by Gasteiger charge is 2.23. The molecule has 3 rings (SSSR count). The first-order valence-electron chi connectivity index (χ1n) is 8.88. The van der Waals surface area contributed by atoms with Crippen molar-refractivity contribution in [2.24, 2.45) is 0 Å². The summed E-state index contributed by atoms with van der Waals surface area (Å²) in [5, 5.41) is 3.23. The molecule has 0 saturated carbocycles. The van der Waals surface area contributed by atoms with Crippen LogP contribution >= 0.6 is 11.6 Å². The predicted octanol–water partition coefficient (Wildman–Crippen LogP) is 3.11. The van der Waals surface area contributed by atoms with Gasteiger partial charge in [-0.05, 0) is 44.0 Å². The molecule has 2 heterocycles. The van der Waals surface area contributed by atoms with Gasteiger partial charge in [0.2, 0.25) is 11.9 Å². The molecule has 1 aliphatic heterocycles. The molecule has 27 heavy (non-hydrogen) atoms. The van der Waals surface area contributed by atoms with E-state index < -0.39 is 5.82 Å². The topological polar surface area (TPSA) is 61.4 Å². The van der Waals surface area contributed by atoms with E-state index in [4.69, 9.17) is 11.6 Å². The van der Waals surface area contributed by atoms with Crippen LogP contribution in [0.25, 0.3) is 0 Å². The van der Waals surface area contributed by atoms with Gasteiger partial charge in [0.05, 0.1) is 23.8 Å². The summed E-state index contributed by atoms with van der Waals surface area (Å²) < 4.78 is 13.3. The Morgan fingerprint density at radius 3 is 2.93 bits per heavy atom. The predicted molar refractivity (Wildman–Crippen MR) is 105 cm³/mol. The van der Waals surface area contributed by atoms with Gasteiger partial charge in [0.25, 0.3) is 0 Å². The highest BCUT2D eigenvalue weighted by Crippen LogP contribution is 2.23. The minimum absolute atomic E-state index is 0.0134. The van der Waals surface area contributed by atoms with Crippen LogP contribution in [0.4, 0.5) is 16.0 Å². The van der Waals surface area contributed by atoms with E-state index in [2.05, 4.69) is 15.3 Å². The average molecular weight is 392 g/mol. The first-order valence-corrected chi connectivity index (χ1v) is 9.26. The van der Waals surface area contributed by atoms with Crippen molar-refractivity contribution in [3.63, 3.8) is 0 Å². The number of likely N-dealkylation sites (N-methyl/N-ethyl adjacent to an activating group) is 1. The number of halogens is 2. The van der Waals surface area contributed by atoms with Crippen LogP contribution in [0.5, 0.6) is 0 Å². The molecule has 0 radical (unpaired) electrons. The summed E-state index contributed by atoms with van der Waals surface area (Å²) >= 11 is 5.83. The number of nitrogens with zero attached hydrogens (tertiary/aromatic N) is 4. The van der Waals surface area contributed by atoms with Crippen LogP contribution in [0.3, 0.4) is 0 Å². The molecular formula is C19H23ClFN5O. The lowest BCUT2D eigenvalue weighted by molar-refractivity contribution is -0.130. The molecule has 1 aromatic carbocycles. The third kappa shape index (κ3) is 4.66. The minimum atomic E-state index is -0.474. The van der Waals surface area contributed by atoms with E-state index in [1.165, 1.54) is 12.1 Å². The Balaban J connectivity index is 1.67. The van der Waals surface area contributed by atoms with Gasteiger partial charge in [-0.2, -0.15) is 0 Å². The number of carbonyl (C=O) groups excluding carboxylic acids is 1. The van der Waals surface area contributed by atoms with Gasteiger partial charge in [0, 0.05) is 31.5 Å². The molecule has 1 aliphatic rings. The summed E-state index contributed by atoms with van der Waals surface area (Å²) in [4.78, 5) is 25.2. The Bertz CT molecular complexity index is 845. The van der Waals surface area contributed by atoms with Crippen LogP contribution in [0.15, 0.2) is 24.4 Å². The molecule has 0 bridgehead atoms. The largest absolute Gasteiger partial charge is 0.365 e. The molecule has 1 N–H and O–H groups in total. The van der Waals surface area contributed by atoms with E-state index in [0.29, 0.717) is 24.7 Å². The molecule has 1 amide bonds. The molecule has 0 unspecified atom stereocenters. The Morgan fingerprint density at radius 2 is 2.22 bits per heavy atom. The second kappa shape index (κ2) is 8.08. The Morgan fingerprint density at radius 1 is 1.44 bits per heavy atom. The van der Waals surface area contributed by atoms with Crippen molar-refractivity contribution in [3.8, 4) is 0 Å². The van der Waals surface area contributed by atoms with Crippen LogP contribution < -0.4 is 10.2 Å². The summed E-state index contributed by atoms with van der Waals surface area (Å²) in [6.45, 7) is 5.32. The van der Waals surface area contributed by atoms with Crippen LogP contribution in [-0.4, -0.2) is 47.0 Å². The Labute approximate surface area is 163 Å². The Hall–Kier alpha value is -2.41. The minimum Gasteiger partial charge on any atom is -0.365 e. The standard InChI is InChI=1S/C19H23ClFN5O/c1-12(2)23-19-22-9-13-6-7-26(10-17(13)24-19)18(27)11-25(3)14-4-5-16(21)15(20)8-14/h4-5,8-9,12H,6-7,10-11H2,1-3H3,(H,22,23,24). The van der Waals surface area contributed by atoms with Crippen LogP contribution in [-0.2, 0) is 17.8 Å².